The number of methoxy groups -OCH3 is 3. The van der Waals surface area contributed by atoms with Gasteiger partial charge in [-0.25, -0.2) is 0 Å². The van der Waals surface area contributed by atoms with Gasteiger partial charge in [0, 0.05) is 5.56 Å². The van der Waals surface area contributed by atoms with Crippen molar-refractivity contribution >= 4 is 0 Å². The summed E-state index contributed by atoms with van der Waals surface area (Å²) in [4.78, 5) is 0. The van der Waals surface area contributed by atoms with Gasteiger partial charge >= 0.3 is 0 Å². The summed E-state index contributed by atoms with van der Waals surface area (Å²) in [6.07, 6.45) is 2.55. The summed E-state index contributed by atoms with van der Waals surface area (Å²) in [7, 11) is 6.82. The van der Waals surface area contributed by atoms with Crippen molar-refractivity contribution in [2.75, 3.05) is 28.4 Å². The van der Waals surface area contributed by atoms with Crippen LogP contribution in [0.4, 0.5) is 0 Å². The summed E-state index contributed by atoms with van der Waals surface area (Å²) in [6.45, 7) is 2.11. The van der Waals surface area contributed by atoms with E-state index in [1.807, 2.05) is 19.2 Å². The van der Waals surface area contributed by atoms with Crippen LogP contribution in [0.1, 0.15) is 31.4 Å². The standard InChI is InChI=1S/C16H25NO4/c1-10-6-8-12(21-10)14(17-2)11-7-9-13(18-3)16(20-5)15(11)19-4/h7,9-10,12,14,17H,6,8H2,1-5H3. The van der Waals surface area contributed by atoms with Gasteiger partial charge in [0.15, 0.2) is 11.5 Å². The Labute approximate surface area is 126 Å². The van der Waals surface area contributed by atoms with Gasteiger partial charge in [-0.1, -0.05) is 0 Å². The molecule has 1 saturated heterocycles. The molecule has 0 bridgehead atoms. The van der Waals surface area contributed by atoms with Crippen LogP contribution in [0.25, 0.3) is 0 Å². The van der Waals surface area contributed by atoms with Crippen molar-refractivity contribution in [2.45, 2.75) is 38.0 Å². The summed E-state index contributed by atoms with van der Waals surface area (Å²) in [5, 5.41) is 3.34. The molecule has 21 heavy (non-hydrogen) atoms. The van der Waals surface area contributed by atoms with E-state index >= 15 is 0 Å². The van der Waals surface area contributed by atoms with Gasteiger partial charge in [0.25, 0.3) is 0 Å². The van der Waals surface area contributed by atoms with Crippen molar-refractivity contribution in [3.05, 3.63) is 17.7 Å². The smallest absolute Gasteiger partial charge is 0.203 e. The zero-order valence-electron chi connectivity index (χ0n) is 13.4. The highest BCUT2D eigenvalue weighted by Crippen LogP contribution is 2.44. The van der Waals surface area contributed by atoms with Gasteiger partial charge in [-0.05, 0) is 38.9 Å². The van der Waals surface area contributed by atoms with Crippen molar-refractivity contribution in [3.8, 4) is 17.2 Å². The molecule has 1 aromatic carbocycles. The minimum Gasteiger partial charge on any atom is -0.493 e. The minimum atomic E-state index is 0.0599. The van der Waals surface area contributed by atoms with Gasteiger partial charge < -0.3 is 24.3 Å². The average Bonchev–Trinajstić information content (AvgIpc) is 2.93. The van der Waals surface area contributed by atoms with Crippen LogP contribution in [0.2, 0.25) is 0 Å². The van der Waals surface area contributed by atoms with E-state index in [0.717, 1.165) is 18.4 Å². The van der Waals surface area contributed by atoms with Gasteiger partial charge in [-0.15, -0.1) is 0 Å². The predicted molar refractivity (Wildman–Crippen MR) is 81.5 cm³/mol. The lowest BCUT2D eigenvalue weighted by Crippen LogP contribution is -2.30. The van der Waals surface area contributed by atoms with Gasteiger partial charge in [0.2, 0.25) is 5.75 Å². The molecular weight excluding hydrogens is 270 g/mol. The van der Waals surface area contributed by atoms with Crippen LogP contribution in [-0.2, 0) is 4.74 Å². The van der Waals surface area contributed by atoms with Crippen LogP contribution in [-0.4, -0.2) is 40.6 Å². The quantitative estimate of drug-likeness (QED) is 0.874. The molecule has 1 aliphatic rings. The SMILES string of the molecule is CNC(c1ccc(OC)c(OC)c1OC)C1CCC(C)O1. The second kappa shape index (κ2) is 7.00. The molecular formula is C16H25NO4. The number of hydrogen-bond acceptors (Lipinski definition) is 5. The van der Waals surface area contributed by atoms with Crippen molar-refractivity contribution in [1.82, 2.24) is 5.32 Å². The van der Waals surface area contributed by atoms with Gasteiger partial charge in [0.05, 0.1) is 39.6 Å². The van der Waals surface area contributed by atoms with Crippen LogP contribution in [0.15, 0.2) is 12.1 Å². The van der Waals surface area contributed by atoms with E-state index < -0.39 is 0 Å². The largest absolute Gasteiger partial charge is 0.493 e. The predicted octanol–water partition coefficient (Wildman–Crippen LogP) is 2.54. The highest BCUT2D eigenvalue weighted by Gasteiger charge is 2.32. The molecule has 0 spiro atoms. The summed E-state index contributed by atoms with van der Waals surface area (Å²) in [6, 6.07) is 3.97. The van der Waals surface area contributed by atoms with E-state index in [1.54, 1.807) is 21.3 Å². The van der Waals surface area contributed by atoms with E-state index in [4.69, 9.17) is 18.9 Å². The molecule has 1 aromatic rings. The lowest BCUT2D eigenvalue weighted by molar-refractivity contribution is 0.0327. The number of rotatable bonds is 6. The molecule has 118 valence electrons. The first-order valence-corrected chi connectivity index (χ1v) is 7.27. The fourth-order valence-corrected chi connectivity index (χ4v) is 2.99. The monoisotopic (exact) mass is 295 g/mol. The molecule has 1 N–H and O–H groups in total. The molecule has 3 atom stereocenters. The first-order valence-electron chi connectivity index (χ1n) is 7.27. The van der Waals surface area contributed by atoms with Crippen LogP contribution >= 0.6 is 0 Å². The molecule has 3 unspecified atom stereocenters. The second-order valence-corrected chi connectivity index (χ2v) is 5.25. The van der Waals surface area contributed by atoms with Crippen LogP contribution in [0.5, 0.6) is 17.2 Å². The lowest BCUT2D eigenvalue weighted by Gasteiger charge is -2.26. The number of likely N-dealkylation sites (N-methyl/N-ethyl adjacent to an activating group) is 1. The Morgan fingerprint density at radius 2 is 1.81 bits per heavy atom. The fourth-order valence-electron chi connectivity index (χ4n) is 2.99. The maximum Gasteiger partial charge on any atom is 0.203 e. The highest BCUT2D eigenvalue weighted by atomic mass is 16.5. The lowest BCUT2D eigenvalue weighted by atomic mass is 9.97. The number of nitrogens with one attached hydrogen (secondary N) is 1. The fraction of sp³-hybridized carbons (Fsp3) is 0.625. The van der Waals surface area contributed by atoms with Crippen molar-refractivity contribution < 1.29 is 18.9 Å². The molecule has 0 amide bonds. The van der Waals surface area contributed by atoms with Crippen LogP contribution in [0, 0.1) is 0 Å². The maximum absolute atomic E-state index is 6.01. The number of benzene rings is 1. The van der Waals surface area contributed by atoms with Gasteiger partial charge in [-0.3, -0.25) is 0 Å². The summed E-state index contributed by atoms with van der Waals surface area (Å²) >= 11 is 0. The highest BCUT2D eigenvalue weighted by molar-refractivity contribution is 5.57. The zero-order valence-corrected chi connectivity index (χ0v) is 13.4. The van der Waals surface area contributed by atoms with Crippen LogP contribution < -0.4 is 19.5 Å². The zero-order chi connectivity index (χ0) is 15.4. The maximum atomic E-state index is 6.01. The first kappa shape index (κ1) is 15.9. The molecule has 1 heterocycles. The Hall–Kier alpha value is -1.46. The molecule has 1 aliphatic heterocycles. The van der Waals surface area contributed by atoms with Crippen molar-refractivity contribution in [2.24, 2.45) is 0 Å². The Bertz CT molecular complexity index is 478. The third-order valence-electron chi connectivity index (χ3n) is 4.02. The van der Waals surface area contributed by atoms with Crippen LogP contribution in [0.3, 0.4) is 0 Å². The first-order chi connectivity index (χ1) is 10.2. The van der Waals surface area contributed by atoms with Gasteiger partial charge in [-0.2, -0.15) is 0 Å². The van der Waals surface area contributed by atoms with Gasteiger partial charge in [0.1, 0.15) is 0 Å². The Balaban J connectivity index is 2.41. The number of ether oxygens (including phenoxy) is 4. The number of hydrogen-bond donors (Lipinski definition) is 1. The Morgan fingerprint density at radius 3 is 2.29 bits per heavy atom. The minimum absolute atomic E-state index is 0.0599. The van der Waals surface area contributed by atoms with E-state index in [0.29, 0.717) is 23.4 Å². The third-order valence-corrected chi connectivity index (χ3v) is 4.02. The molecule has 5 heteroatoms. The molecule has 2 rings (SSSR count). The van der Waals surface area contributed by atoms with Crippen molar-refractivity contribution in [3.63, 3.8) is 0 Å². The molecule has 1 fully saturated rings. The molecule has 0 saturated carbocycles. The summed E-state index contributed by atoms with van der Waals surface area (Å²) in [5.74, 6) is 1.97. The van der Waals surface area contributed by atoms with Crippen molar-refractivity contribution in [1.29, 1.82) is 0 Å². The molecule has 5 nitrogen and oxygen atoms in total. The summed E-state index contributed by atoms with van der Waals surface area (Å²) in [5.41, 5.74) is 1.02. The molecule has 0 radical (unpaired) electrons. The average molecular weight is 295 g/mol. The molecule has 0 aromatic heterocycles. The Morgan fingerprint density at radius 1 is 1.10 bits per heavy atom. The van der Waals surface area contributed by atoms with E-state index in [1.165, 1.54) is 0 Å². The topological polar surface area (TPSA) is 49.0 Å². The van der Waals surface area contributed by atoms with E-state index in [9.17, 15) is 0 Å². The Kier molecular flexibility index (Phi) is 5.31. The normalized spacial score (nSPS) is 22.9. The van der Waals surface area contributed by atoms with E-state index in [2.05, 4.69) is 12.2 Å². The third kappa shape index (κ3) is 3.09. The van der Waals surface area contributed by atoms with E-state index in [-0.39, 0.29) is 12.1 Å². The summed E-state index contributed by atoms with van der Waals surface area (Å²) < 4.78 is 22.4. The molecule has 0 aliphatic carbocycles. The second-order valence-electron chi connectivity index (χ2n) is 5.25.